The average molecular weight is 645 g/mol. The second-order valence-corrected chi connectivity index (χ2v) is 12.4. The van der Waals surface area contributed by atoms with Gasteiger partial charge in [0.15, 0.2) is 24.5 Å². The molecule has 2 heterocycles. The lowest BCUT2D eigenvalue weighted by molar-refractivity contribution is -0.270. The van der Waals surface area contributed by atoms with E-state index < -0.39 is 54.5 Å². The van der Waals surface area contributed by atoms with E-state index in [1.54, 1.807) is 0 Å². The minimum absolute atomic E-state index is 0.0230. The van der Waals surface area contributed by atoms with E-state index in [1.807, 2.05) is 0 Å². The van der Waals surface area contributed by atoms with Gasteiger partial charge in [-0.3, -0.25) is 24.0 Å². The highest BCUT2D eigenvalue weighted by molar-refractivity contribution is 5.93. The van der Waals surface area contributed by atoms with E-state index in [0.29, 0.717) is 29.0 Å². The molecule has 1 aromatic rings. The molecule has 252 valence electrons. The second kappa shape index (κ2) is 15.0. The van der Waals surface area contributed by atoms with Crippen LogP contribution < -0.4 is 5.32 Å². The number of carbonyl (C=O) groups is 5. The summed E-state index contributed by atoms with van der Waals surface area (Å²) >= 11 is 0. The number of nitrogens with zero attached hydrogens (tertiary/aromatic N) is 3. The third-order valence-corrected chi connectivity index (χ3v) is 8.93. The zero-order valence-corrected chi connectivity index (χ0v) is 27.2. The van der Waals surface area contributed by atoms with Crippen LogP contribution in [-0.4, -0.2) is 75.8 Å². The number of esters is 4. The van der Waals surface area contributed by atoms with Crippen molar-refractivity contribution in [2.75, 3.05) is 6.61 Å². The zero-order valence-electron chi connectivity index (χ0n) is 27.2. The van der Waals surface area contributed by atoms with E-state index >= 15 is 0 Å². The van der Waals surface area contributed by atoms with E-state index in [0.717, 1.165) is 46.5 Å². The van der Waals surface area contributed by atoms with Gasteiger partial charge in [-0.25, -0.2) is 4.68 Å². The molecule has 1 aliphatic heterocycles. The van der Waals surface area contributed by atoms with Crippen molar-refractivity contribution in [2.24, 2.45) is 23.7 Å². The van der Waals surface area contributed by atoms with Crippen LogP contribution in [0.5, 0.6) is 0 Å². The monoisotopic (exact) mass is 644 g/mol. The Hall–Kier alpha value is -4.07. The van der Waals surface area contributed by atoms with E-state index in [2.05, 4.69) is 42.1 Å². The van der Waals surface area contributed by atoms with E-state index in [-0.39, 0.29) is 25.0 Å². The second-order valence-electron chi connectivity index (χ2n) is 12.4. The summed E-state index contributed by atoms with van der Waals surface area (Å²) in [6, 6.07) is 0. The fourth-order valence-corrected chi connectivity index (χ4v) is 6.85. The van der Waals surface area contributed by atoms with E-state index in [1.165, 1.54) is 23.4 Å². The number of aromatic nitrogens is 3. The lowest BCUT2D eigenvalue weighted by atomic mass is 9.61. The van der Waals surface area contributed by atoms with Crippen molar-refractivity contribution in [3.63, 3.8) is 0 Å². The van der Waals surface area contributed by atoms with Crippen LogP contribution >= 0.6 is 0 Å². The lowest BCUT2D eigenvalue weighted by Gasteiger charge is -2.44. The summed E-state index contributed by atoms with van der Waals surface area (Å²) in [5.74, 6) is -1.61. The molecule has 0 radical (unpaired) electrons. The molecule has 14 nitrogen and oxygen atoms in total. The maximum absolute atomic E-state index is 13.3. The molecule has 1 saturated carbocycles. The first kappa shape index (κ1) is 34.8. The number of ether oxygens (including phenoxy) is 5. The number of fused-ring (bicyclic) bond motifs is 1. The summed E-state index contributed by atoms with van der Waals surface area (Å²) in [6.45, 7) is 12.9. The van der Waals surface area contributed by atoms with Crippen molar-refractivity contribution in [3.05, 3.63) is 35.7 Å². The first-order chi connectivity index (χ1) is 21.7. The molecule has 1 aromatic heterocycles. The summed E-state index contributed by atoms with van der Waals surface area (Å²) < 4.78 is 28.9. The Balaban J connectivity index is 1.52. The van der Waals surface area contributed by atoms with Crippen LogP contribution in [0.3, 0.4) is 0 Å². The Morgan fingerprint density at radius 3 is 2.26 bits per heavy atom. The molecule has 9 atom stereocenters. The summed E-state index contributed by atoms with van der Waals surface area (Å²) in [6.07, 6.45) is 1.62. The molecule has 2 fully saturated rings. The number of amides is 1. The Morgan fingerprint density at radius 2 is 1.61 bits per heavy atom. The molecule has 46 heavy (non-hydrogen) atoms. The van der Waals surface area contributed by atoms with Gasteiger partial charge in [-0.2, -0.15) is 0 Å². The summed E-state index contributed by atoms with van der Waals surface area (Å²) in [5.41, 5.74) is 2.25. The smallest absolute Gasteiger partial charge is 0.303 e. The minimum atomic E-state index is -1.35. The van der Waals surface area contributed by atoms with Crippen LogP contribution in [0.1, 0.15) is 79.1 Å². The van der Waals surface area contributed by atoms with Gasteiger partial charge in [0, 0.05) is 33.3 Å². The van der Waals surface area contributed by atoms with Crippen LogP contribution in [0.25, 0.3) is 0 Å². The predicted octanol–water partition coefficient (Wildman–Crippen LogP) is 2.72. The highest BCUT2D eigenvalue weighted by atomic mass is 16.7. The van der Waals surface area contributed by atoms with Crippen LogP contribution in [0, 0.1) is 23.7 Å². The fourth-order valence-electron chi connectivity index (χ4n) is 6.85. The molecular formula is C32H44N4O10. The highest BCUT2D eigenvalue weighted by Gasteiger charge is 2.53. The molecule has 0 aromatic carbocycles. The molecule has 0 unspecified atom stereocenters. The van der Waals surface area contributed by atoms with Crippen molar-refractivity contribution < 1.29 is 47.7 Å². The Bertz CT molecular complexity index is 1370. The molecule has 1 saturated heterocycles. The van der Waals surface area contributed by atoms with Crippen molar-refractivity contribution >= 4 is 29.8 Å². The molecule has 4 rings (SSSR count). The lowest BCUT2D eigenvalue weighted by Crippen LogP contribution is -2.60. The maximum Gasteiger partial charge on any atom is 0.303 e. The Morgan fingerprint density at radius 1 is 0.957 bits per heavy atom. The molecule has 0 bridgehead atoms. The summed E-state index contributed by atoms with van der Waals surface area (Å²) in [4.78, 5) is 61.1. The van der Waals surface area contributed by atoms with Gasteiger partial charge < -0.3 is 29.0 Å². The van der Waals surface area contributed by atoms with Crippen LogP contribution in [-0.2, 0) is 54.2 Å². The molecular weight excluding hydrogens is 600 g/mol. The first-order valence-electron chi connectivity index (χ1n) is 15.6. The van der Waals surface area contributed by atoms with Crippen molar-refractivity contribution in [2.45, 2.75) is 104 Å². The topological polar surface area (TPSA) is 174 Å². The molecule has 1 N–H and O–H groups in total. The molecule has 3 aliphatic rings. The predicted molar refractivity (Wildman–Crippen MR) is 160 cm³/mol. The number of hydrogen-bond donors (Lipinski definition) is 1. The van der Waals surface area contributed by atoms with Gasteiger partial charge in [0.1, 0.15) is 18.4 Å². The molecule has 2 aliphatic carbocycles. The van der Waals surface area contributed by atoms with E-state index in [9.17, 15) is 24.0 Å². The quantitative estimate of drug-likeness (QED) is 0.171. The number of rotatable bonds is 10. The number of allylic oxidation sites excluding steroid dienone is 2. The number of nitrogens with one attached hydrogen (secondary N) is 1. The summed E-state index contributed by atoms with van der Waals surface area (Å²) in [5, 5.41) is 11.2. The highest BCUT2D eigenvalue weighted by Crippen LogP contribution is 2.47. The standard InChI is InChI=1S/C32H44N4O10/c1-16-8-10-24-17(2)9-11-25(26(24)12-16)18(3)31(41)33-13-23-14-36(35-34-23)32-30(45-22(7)40)29(44-21(6)39)28(43-20(5)38)27(46-32)15-42-19(4)37/h12,14,17,24-30,32H,3,8-11,13,15H2,1-2,4-7H3,(H,33,41)/t17-,24+,25+,26+,27-,28+,29+,30-,32-/m1/s1. The van der Waals surface area contributed by atoms with Crippen LogP contribution in [0.4, 0.5) is 0 Å². The third kappa shape index (κ3) is 8.39. The summed E-state index contributed by atoms with van der Waals surface area (Å²) in [7, 11) is 0. The van der Waals surface area contributed by atoms with Gasteiger partial charge in [-0.1, -0.05) is 30.4 Å². The third-order valence-electron chi connectivity index (χ3n) is 8.93. The Kier molecular flexibility index (Phi) is 11.4. The maximum atomic E-state index is 13.3. The SMILES string of the molecule is C=C(C(=O)NCc1cn([C@@H]2O[C@H](COC(C)=O)[C@H](OC(C)=O)[C@H](OC(C)=O)[C@H]2OC(C)=O)nn1)[C@@H]1CC[C@@H](C)[C@@H]2CCC(C)=C[C@@H]21. The van der Waals surface area contributed by atoms with Crippen LogP contribution in [0.2, 0.25) is 0 Å². The minimum Gasteiger partial charge on any atom is -0.463 e. The average Bonchev–Trinajstić information content (AvgIpc) is 3.45. The van der Waals surface area contributed by atoms with Gasteiger partial charge in [0.05, 0.1) is 12.7 Å². The number of carbonyl (C=O) groups excluding carboxylic acids is 5. The van der Waals surface area contributed by atoms with Gasteiger partial charge >= 0.3 is 23.9 Å². The number of hydrogen-bond acceptors (Lipinski definition) is 12. The molecule has 14 heteroatoms. The van der Waals surface area contributed by atoms with Crippen molar-refractivity contribution in [1.82, 2.24) is 20.3 Å². The molecule has 1 amide bonds. The van der Waals surface area contributed by atoms with Gasteiger partial charge in [0.25, 0.3) is 0 Å². The zero-order chi connectivity index (χ0) is 33.7. The van der Waals surface area contributed by atoms with E-state index in [4.69, 9.17) is 23.7 Å². The van der Waals surface area contributed by atoms with Gasteiger partial charge in [-0.15, -0.1) is 5.10 Å². The van der Waals surface area contributed by atoms with Crippen LogP contribution in [0.15, 0.2) is 30.0 Å². The van der Waals surface area contributed by atoms with Crippen molar-refractivity contribution in [3.8, 4) is 0 Å². The van der Waals surface area contributed by atoms with Gasteiger partial charge in [-0.05, 0) is 56.3 Å². The van der Waals surface area contributed by atoms with Gasteiger partial charge in [0.2, 0.25) is 5.91 Å². The largest absolute Gasteiger partial charge is 0.463 e. The Labute approximate surface area is 268 Å². The first-order valence-corrected chi connectivity index (χ1v) is 15.6. The fraction of sp³-hybridized carbons (Fsp3) is 0.656. The normalized spacial score (nSPS) is 30.6. The molecule has 0 spiro atoms. The van der Waals surface area contributed by atoms with Crippen molar-refractivity contribution in [1.29, 1.82) is 0 Å².